The third-order valence-electron chi connectivity index (χ3n) is 5.82. The fraction of sp³-hybridized carbons (Fsp3) is 0.950. The van der Waals surface area contributed by atoms with Crippen molar-refractivity contribution < 1.29 is 4.79 Å². The molecule has 2 aliphatic rings. The van der Waals surface area contributed by atoms with Crippen molar-refractivity contribution in [1.29, 1.82) is 0 Å². The Morgan fingerprint density at radius 1 is 1.17 bits per heavy atom. The maximum Gasteiger partial charge on any atom is 0.242 e. The number of carbonyl (C=O) groups excluding carboxylic acids is 1. The highest BCUT2D eigenvalue weighted by molar-refractivity contribution is 5.86. The molecule has 24 heavy (non-hydrogen) atoms. The predicted octanol–water partition coefficient (Wildman–Crippen LogP) is 3.66. The van der Waals surface area contributed by atoms with E-state index in [9.17, 15) is 4.79 Å². The van der Waals surface area contributed by atoms with E-state index in [0.29, 0.717) is 11.9 Å². The van der Waals surface area contributed by atoms with Crippen LogP contribution in [0.2, 0.25) is 0 Å². The van der Waals surface area contributed by atoms with Gasteiger partial charge in [-0.25, -0.2) is 0 Å². The second-order valence-corrected chi connectivity index (χ2v) is 7.25. The normalized spacial score (nSPS) is 23.6. The van der Waals surface area contributed by atoms with Crippen molar-refractivity contribution >= 4 is 5.91 Å². The van der Waals surface area contributed by atoms with Gasteiger partial charge < -0.3 is 15.1 Å². The molecule has 0 radical (unpaired) electrons. The summed E-state index contributed by atoms with van der Waals surface area (Å²) in [5.74, 6) is 0.365. The molecule has 0 aromatic rings. The highest BCUT2D eigenvalue weighted by Gasteiger charge is 2.42. The first kappa shape index (κ1) is 21.4. The van der Waals surface area contributed by atoms with E-state index in [-0.39, 0.29) is 5.54 Å². The van der Waals surface area contributed by atoms with E-state index in [2.05, 4.69) is 29.1 Å². The zero-order valence-corrected chi connectivity index (χ0v) is 16.9. The number of unbranched alkanes of at least 4 members (excludes halogenated alkanes) is 1. The second-order valence-electron chi connectivity index (χ2n) is 7.25. The third kappa shape index (κ3) is 5.45. The predicted molar refractivity (Wildman–Crippen MR) is 103 cm³/mol. The molecular weight excluding hydrogens is 298 g/mol. The van der Waals surface area contributed by atoms with E-state index in [4.69, 9.17) is 0 Å². The van der Waals surface area contributed by atoms with Crippen LogP contribution in [0.4, 0.5) is 0 Å². The Balaban J connectivity index is 0.00000139. The standard InChI is InChI=1S/C18H35N3O.C2H6/c1-4-5-13-20(3)16-9-8-14-21(15-10-16)17(22)18(19-2)11-6-7-12-18;1-2/h16,19H,4-15H2,1-3H3;1-2H3. The molecule has 1 heterocycles. The highest BCUT2D eigenvalue weighted by atomic mass is 16.2. The van der Waals surface area contributed by atoms with Gasteiger partial charge in [-0.2, -0.15) is 0 Å². The average Bonchev–Trinajstić information content (AvgIpc) is 2.99. The van der Waals surface area contributed by atoms with E-state index < -0.39 is 0 Å². The number of hydrogen-bond donors (Lipinski definition) is 1. The zero-order chi connectivity index (χ0) is 18.0. The van der Waals surface area contributed by atoms with Crippen molar-refractivity contribution in [1.82, 2.24) is 15.1 Å². The minimum absolute atomic E-state index is 0.256. The van der Waals surface area contributed by atoms with E-state index in [1.807, 2.05) is 20.9 Å². The Bertz CT molecular complexity index is 353. The lowest BCUT2D eigenvalue weighted by atomic mass is 9.95. The molecule has 1 saturated carbocycles. The van der Waals surface area contributed by atoms with Crippen LogP contribution in [0, 0.1) is 0 Å². The van der Waals surface area contributed by atoms with Crippen molar-refractivity contribution in [2.24, 2.45) is 0 Å². The Morgan fingerprint density at radius 2 is 1.83 bits per heavy atom. The fourth-order valence-electron chi connectivity index (χ4n) is 4.16. The maximum atomic E-state index is 13.0. The van der Waals surface area contributed by atoms with Gasteiger partial charge in [0.2, 0.25) is 5.91 Å². The lowest BCUT2D eigenvalue weighted by Crippen LogP contribution is -2.55. The van der Waals surface area contributed by atoms with Crippen LogP contribution in [0.15, 0.2) is 0 Å². The molecule has 0 bridgehead atoms. The van der Waals surface area contributed by atoms with E-state index in [0.717, 1.165) is 38.8 Å². The zero-order valence-electron chi connectivity index (χ0n) is 16.9. The number of rotatable bonds is 6. The van der Waals surface area contributed by atoms with Crippen LogP contribution in [-0.2, 0) is 4.79 Å². The van der Waals surface area contributed by atoms with Gasteiger partial charge in [-0.05, 0) is 59.2 Å². The third-order valence-corrected chi connectivity index (χ3v) is 5.82. The molecule has 1 aliphatic carbocycles. The first-order chi connectivity index (χ1) is 11.6. The summed E-state index contributed by atoms with van der Waals surface area (Å²) in [6, 6.07) is 0.651. The summed E-state index contributed by atoms with van der Waals surface area (Å²) in [4.78, 5) is 17.7. The van der Waals surface area contributed by atoms with Crippen molar-refractivity contribution in [3.63, 3.8) is 0 Å². The topological polar surface area (TPSA) is 35.6 Å². The Labute approximate surface area is 150 Å². The van der Waals surface area contributed by atoms with Gasteiger partial charge in [0.15, 0.2) is 0 Å². The summed E-state index contributed by atoms with van der Waals surface area (Å²) in [5.41, 5.74) is -0.256. The van der Waals surface area contributed by atoms with Gasteiger partial charge in [0.1, 0.15) is 0 Å². The van der Waals surface area contributed by atoms with Crippen LogP contribution in [0.3, 0.4) is 0 Å². The van der Waals surface area contributed by atoms with Crippen molar-refractivity contribution in [2.75, 3.05) is 33.7 Å². The van der Waals surface area contributed by atoms with E-state index in [1.54, 1.807) is 0 Å². The first-order valence-electron chi connectivity index (χ1n) is 10.3. The first-order valence-corrected chi connectivity index (χ1v) is 10.3. The number of hydrogen-bond acceptors (Lipinski definition) is 3. The lowest BCUT2D eigenvalue weighted by Gasteiger charge is -2.34. The van der Waals surface area contributed by atoms with E-state index in [1.165, 1.54) is 38.6 Å². The van der Waals surface area contributed by atoms with Crippen molar-refractivity contribution in [3.8, 4) is 0 Å². The van der Waals surface area contributed by atoms with Crippen molar-refractivity contribution in [3.05, 3.63) is 0 Å². The number of nitrogens with zero attached hydrogens (tertiary/aromatic N) is 2. The van der Waals surface area contributed by atoms with Crippen LogP contribution < -0.4 is 5.32 Å². The van der Waals surface area contributed by atoms with Gasteiger partial charge in [0, 0.05) is 19.1 Å². The van der Waals surface area contributed by atoms with Crippen LogP contribution >= 0.6 is 0 Å². The largest absolute Gasteiger partial charge is 0.341 e. The minimum Gasteiger partial charge on any atom is -0.341 e. The number of carbonyl (C=O) groups is 1. The molecule has 2 fully saturated rings. The van der Waals surface area contributed by atoms with Crippen LogP contribution in [-0.4, -0.2) is 61.0 Å². The molecule has 0 aromatic carbocycles. The van der Waals surface area contributed by atoms with Gasteiger partial charge in [0.05, 0.1) is 5.54 Å². The van der Waals surface area contributed by atoms with Gasteiger partial charge in [0.25, 0.3) is 0 Å². The van der Waals surface area contributed by atoms with Crippen molar-refractivity contribution in [2.45, 2.75) is 90.1 Å². The monoisotopic (exact) mass is 339 g/mol. The quantitative estimate of drug-likeness (QED) is 0.802. The summed E-state index contributed by atoms with van der Waals surface area (Å²) in [6.07, 6.45) is 10.4. The summed E-state index contributed by atoms with van der Waals surface area (Å²) < 4.78 is 0. The molecule has 1 atom stereocenters. The van der Waals surface area contributed by atoms with Gasteiger partial charge in [-0.1, -0.05) is 40.0 Å². The molecule has 4 nitrogen and oxygen atoms in total. The SMILES string of the molecule is CC.CCCCN(C)C1CCCN(C(=O)C2(NC)CCCC2)CC1. The van der Waals surface area contributed by atoms with Crippen LogP contribution in [0.25, 0.3) is 0 Å². The smallest absolute Gasteiger partial charge is 0.242 e. The number of likely N-dealkylation sites (N-methyl/N-ethyl adjacent to an activating group) is 1. The van der Waals surface area contributed by atoms with Crippen LogP contribution in [0.5, 0.6) is 0 Å². The maximum absolute atomic E-state index is 13.0. The van der Waals surface area contributed by atoms with Gasteiger partial charge >= 0.3 is 0 Å². The summed E-state index contributed by atoms with van der Waals surface area (Å²) in [6.45, 7) is 9.32. The average molecular weight is 340 g/mol. The molecule has 0 spiro atoms. The molecule has 0 aromatic heterocycles. The molecule has 1 N–H and O–H groups in total. The molecule has 2 rings (SSSR count). The summed E-state index contributed by atoms with van der Waals surface area (Å²) >= 11 is 0. The van der Waals surface area contributed by atoms with Crippen LogP contribution in [0.1, 0.15) is 78.6 Å². The molecule has 1 unspecified atom stereocenters. The molecular formula is C20H41N3O. The summed E-state index contributed by atoms with van der Waals surface area (Å²) in [5, 5.41) is 3.36. The molecule has 1 aliphatic heterocycles. The molecule has 142 valence electrons. The Morgan fingerprint density at radius 3 is 2.42 bits per heavy atom. The van der Waals surface area contributed by atoms with E-state index >= 15 is 0 Å². The molecule has 1 amide bonds. The number of likely N-dealkylation sites (tertiary alicyclic amines) is 1. The molecule has 4 heteroatoms. The number of amides is 1. The lowest BCUT2D eigenvalue weighted by molar-refractivity contribution is -0.138. The minimum atomic E-state index is -0.256. The fourth-order valence-corrected chi connectivity index (χ4v) is 4.16. The summed E-state index contributed by atoms with van der Waals surface area (Å²) in [7, 11) is 4.21. The molecule has 1 saturated heterocycles. The van der Waals surface area contributed by atoms with Gasteiger partial charge in [-0.15, -0.1) is 0 Å². The highest BCUT2D eigenvalue weighted by Crippen LogP contribution is 2.32. The van der Waals surface area contributed by atoms with Gasteiger partial charge in [-0.3, -0.25) is 4.79 Å². The number of nitrogens with one attached hydrogen (secondary N) is 1. The second kappa shape index (κ2) is 11.1. The Hall–Kier alpha value is -0.610. The Kier molecular flexibility index (Phi) is 9.91.